The monoisotopic (exact) mass is 226 g/mol. The quantitative estimate of drug-likeness (QED) is 0.825. The Morgan fingerprint density at radius 1 is 1.29 bits per heavy atom. The van der Waals surface area contributed by atoms with E-state index in [0.717, 1.165) is 23.3 Å². The second kappa shape index (κ2) is 3.86. The van der Waals surface area contributed by atoms with Gasteiger partial charge in [-0.25, -0.2) is 4.98 Å². The first-order chi connectivity index (χ1) is 8.34. The molecular weight excluding hydrogens is 212 g/mol. The van der Waals surface area contributed by atoms with Crippen molar-refractivity contribution >= 4 is 11.0 Å². The molecule has 1 unspecified atom stereocenters. The number of aromatic nitrogens is 2. The number of hydrogen-bond donors (Lipinski definition) is 2. The second-order valence-electron chi connectivity index (χ2n) is 4.41. The summed E-state index contributed by atoms with van der Waals surface area (Å²) in [5.74, 6) is 0.835. The molecule has 86 valence electrons. The summed E-state index contributed by atoms with van der Waals surface area (Å²) in [6, 6.07) is 7.92. The van der Waals surface area contributed by atoms with Crippen LogP contribution in [0.25, 0.3) is 11.0 Å². The Balaban J connectivity index is 2.13. The minimum absolute atomic E-state index is 0.0632. The summed E-state index contributed by atoms with van der Waals surface area (Å²) in [4.78, 5) is 7.88. The number of aliphatic hydroxyl groups excluding tert-OH is 1. The van der Waals surface area contributed by atoms with E-state index in [1.165, 1.54) is 0 Å². The van der Waals surface area contributed by atoms with E-state index in [2.05, 4.69) is 16.0 Å². The lowest BCUT2D eigenvalue weighted by Crippen LogP contribution is -2.30. The molecule has 0 aliphatic heterocycles. The molecule has 3 nitrogen and oxygen atoms in total. The first-order valence-corrected chi connectivity index (χ1v) is 5.74. The van der Waals surface area contributed by atoms with Crippen molar-refractivity contribution in [2.45, 2.75) is 11.8 Å². The molecule has 0 amide bonds. The summed E-state index contributed by atoms with van der Waals surface area (Å²) in [5.41, 5.74) is 1.56. The molecule has 1 aromatic carbocycles. The van der Waals surface area contributed by atoms with E-state index in [9.17, 15) is 5.11 Å². The van der Waals surface area contributed by atoms with Gasteiger partial charge in [0, 0.05) is 0 Å². The Kier molecular flexibility index (Phi) is 2.34. The third kappa shape index (κ3) is 1.59. The van der Waals surface area contributed by atoms with E-state index >= 15 is 0 Å². The summed E-state index contributed by atoms with van der Waals surface area (Å²) in [7, 11) is 0. The molecule has 0 saturated carbocycles. The summed E-state index contributed by atoms with van der Waals surface area (Å²) < 4.78 is 0. The fourth-order valence-corrected chi connectivity index (χ4v) is 2.22. The fraction of sp³-hybridized carbons (Fsp3) is 0.214. The fourth-order valence-electron chi connectivity index (χ4n) is 2.22. The summed E-state index contributed by atoms with van der Waals surface area (Å²) in [6.07, 6.45) is 8.82. The Hall–Kier alpha value is -1.87. The highest BCUT2D eigenvalue weighted by atomic mass is 16.3. The second-order valence-corrected chi connectivity index (χ2v) is 4.41. The maximum atomic E-state index is 9.67. The average molecular weight is 226 g/mol. The molecule has 2 aromatic rings. The lowest BCUT2D eigenvalue weighted by molar-refractivity contribution is 0.219. The number of rotatable bonds is 2. The normalized spacial score (nSPS) is 23.4. The lowest BCUT2D eigenvalue weighted by Gasteiger charge is -2.26. The maximum absolute atomic E-state index is 9.67. The van der Waals surface area contributed by atoms with Crippen LogP contribution in [0, 0.1) is 0 Å². The maximum Gasteiger partial charge on any atom is 0.119 e. The van der Waals surface area contributed by atoms with Crippen LogP contribution in [0.15, 0.2) is 48.6 Å². The van der Waals surface area contributed by atoms with Crippen LogP contribution in [0.2, 0.25) is 0 Å². The van der Waals surface area contributed by atoms with Crippen molar-refractivity contribution in [1.82, 2.24) is 9.97 Å². The molecule has 0 radical (unpaired) electrons. The van der Waals surface area contributed by atoms with E-state index < -0.39 is 5.41 Å². The molecule has 17 heavy (non-hydrogen) atoms. The van der Waals surface area contributed by atoms with Gasteiger partial charge in [-0.05, 0) is 18.6 Å². The minimum atomic E-state index is -0.395. The number of benzene rings is 1. The smallest absolute Gasteiger partial charge is 0.119 e. The Labute approximate surface area is 99.5 Å². The number of aliphatic hydroxyl groups is 1. The highest BCUT2D eigenvalue weighted by Gasteiger charge is 2.31. The van der Waals surface area contributed by atoms with Gasteiger partial charge in [0.15, 0.2) is 0 Å². The molecule has 0 bridgehead atoms. The Morgan fingerprint density at radius 3 is 2.88 bits per heavy atom. The van der Waals surface area contributed by atoms with Crippen LogP contribution in [0.5, 0.6) is 0 Å². The number of allylic oxidation sites excluding steroid dienone is 3. The summed E-state index contributed by atoms with van der Waals surface area (Å²) in [6.45, 7) is 0.0632. The van der Waals surface area contributed by atoms with E-state index in [0.29, 0.717) is 0 Å². The van der Waals surface area contributed by atoms with Crippen molar-refractivity contribution in [3.63, 3.8) is 0 Å². The molecule has 0 saturated heterocycles. The van der Waals surface area contributed by atoms with Gasteiger partial charge in [0.1, 0.15) is 5.82 Å². The van der Waals surface area contributed by atoms with Crippen molar-refractivity contribution < 1.29 is 5.11 Å². The molecule has 3 rings (SSSR count). The number of nitrogens with zero attached hydrogens (tertiary/aromatic N) is 1. The van der Waals surface area contributed by atoms with Crippen molar-refractivity contribution in [1.29, 1.82) is 0 Å². The molecule has 1 aliphatic carbocycles. The number of H-pyrrole nitrogens is 1. The standard InChI is InChI=1S/C14H14N2O/c17-10-14(8-4-1-5-9-14)13-15-11-6-2-3-7-12(11)16-13/h1-8,17H,9-10H2,(H,15,16). The zero-order valence-electron chi connectivity index (χ0n) is 9.43. The highest BCUT2D eigenvalue weighted by Crippen LogP contribution is 2.31. The van der Waals surface area contributed by atoms with Gasteiger partial charge in [-0.2, -0.15) is 0 Å². The third-order valence-corrected chi connectivity index (χ3v) is 3.29. The molecule has 0 fully saturated rings. The van der Waals surface area contributed by atoms with Crippen LogP contribution in [0.3, 0.4) is 0 Å². The van der Waals surface area contributed by atoms with E-state index in [-0.39, 0.29) is 6.61 Å². The van der Waals surface area contributed by atoms with Crippen molar-refractivity contribution in [2.75, 3.05) is 6.61 Å². The Bertz CT molecular complexity index is 564. The molecule has 1 aliphatic rings. The van der Waals surface area contributed by atoms with Crippen LogP contribution in [-0.2, 0) is 5.41 Å². The number of hydrogen-bond acceptors (Lipinski definition) is 2. The van der Waals surface area contributed by atoms with Crippen molar-refractivity contribution in [3.8, 4) is 0 Å². The number of aromatic amines is 1. The molecule has 1 atom stereocenters. The summed E-state index contributed by atoms with van der Waals surface area (Å²) >= 11 is 0. The summed E-state index contributed by atoms with van der Waals surface area (Å²) in [5, 5.41) is 9.67. The molecule has 2 N–H and O–H groups in total. The Morgan fingerprint density at radius 2 is 2.18 bits per heavy atom. The van der Waals surface area contributed by atoms with E-state index in [1.54, 1.807) is 0 Å². The third-order valence-electron chi connectivity index (χ3n) is 3.29. The molecular formula is C14H14N2O. The lowest BCUT2D eigenvalue weighted by atomic mass is 9.82. The van der Waals surface area contributed by atoms with Crippen LogP contribution in [0.1, 0.15) is 12.2 Å². The SMILES string of the molecule is OCC1(c2nc3ccccc3[nH]2)C=CC=CC1. The van der Waals surface area contributed by atoms with Gasteiger partial charge in [0.25, 0.3) is 0 Å². The van der Waals surface area contributed by atoms with E-state index in [1.807, 2.05) is 42.5 Å². The number of fused-ring (bicyclic) bond motifs is 1. The first kappa shape index (κ1) is 10.3. The molecule has 1 aromatic heterocycles. The van der Waals surface area contributed by atoms with Gasteiger partial charge in [-0.1, -0.05) is 36.4 Å². The van der Waals surface area contributed by atoms with E-state index in [4.69, 9.17) is 0 Å². The first-order valence-electron chi connectivity index (χ1n) is 5.74. The van der Waals surface area contributed by atoms with Crippen LogP contribution >= 0.6 is 0 Å². The zero-order valence-corrected chi connectivity index (χ0v) is 9.43. The average Bonchev–Trinajstić information content (AvgIpc) is 2.84. The predicted molar refractivity (Wildman–Crippen MR) is 67.8 cm³/mol. The molecule has 1 heterocycles. The van der Waals surface area contributed by atoms with Gasteiger partial charge in [0.05, 0.1) is 23.1 Å². The topological polar surface area (TPSA) is 48.9 Å². The van der Waals surface area contributed by atoms with Crippen LogP contribution < -0.4 is 0 Å². The van der Waals surface area contributed by atoms with Gasteiger partial charge < -0.3 is 10.1 Å². The van der Waals surface area contributed by atoms with Gasteiger partial charge >= 0.3 is 0 Å². The molecule has 3 heteroatoms. The van der Waals surface area contributed by atoms with Crippen LogP contribution in [-0.4, -0.2) is 21.7 Å². The minimum Gasteiger partial charge on any atom is -0.395 e. The predicted octanol–water partition coefficient (Wildman–Crippen LogP) is 2.31. The molecule has 0 spiro atoms. The highest BCUT2D eigenvalue weighted by molar-refractivity contribution is 5.75. The van der Waals surface area contributed by atoms with Gasteiger partial charge in [-0.15, -0.1) is 0 Å². The van der Waals surface area contributed by atoms with Crippen LogP contribution in [0.4, 0.5) is 0 Å². The number of nitrogens with one attached hydrogen (secondary N) is 1. The number of imidazole rings is 1. The largest absolute Gasteiger partial charge is 0.395 e. The van der Waals surface area contributed by atoms with Gasteiger partial charge in [0.2, 0.25) is 0 Å². The zero-order chi connectivity index (χ0) is 11.7. The number of para-hydroxylation sites is 2. The van der Waals surface area contributed by atoms with Crippen molar-refractivity contribution in [3.05, 3.63) is 54.4 Å². The van der Waals surface area contributed by atoms with Crippen molar-refractivity contribution in [2.24, 2.45) is 0 Å². The van der Waals surface area contributed by atoms with Gasteiger partial charge in [-0.3, -0.25) is 0 Å².